The molecule has 1 aliphatic rings. The van der Waals surface area contributed by atoms with Crippen LogP contribution in [0.25, 0.3) is 0 Å². The van der Waals surface area contributed by atoms with Crippen molar-refractivity contribution in [1.29, 1.82) is 0 Å². The second kappa shape index (κ2) is 8.30. The standard InChI is InChI=1S/C16H20N4O2S.ClH/c1-19(2)13-5-3-4-12(10-13)16(21)20-8-6-14(7-9-20)22-15-11-17-23-18-15;/h3-5,10-11,14H,6-9H2,1-2H3;1H. The van der Waals surface area contributed by atoms with Crippen molar-refractivity contribution in [2.45, 2.75) is 18.9 Å². The average Bonchev–Trinajstić information content (AvgIpc) is 3.08. The number of ether oxygens (including phenoxy) is 1. The summed E-state index contributed by atoms with van der Waals surface area (Å²) in [6, 6.07) is 7.73. The Kier molecular flexibility index (Phi) is 6.39. The smallest absolute Gasteiger partial charge is 0.253 e. The first kappa shape index (κ1) is 18.5. The lowest BCUT2D eigenvalue weighted by Crippen LogP contribution is -2.41. The minimum atomic E-state index is 0. The van der Waals surface area contributed by atoms with Crippen molar-refractivity contribution in [2.75, 3.05) is 32.1 Å². The summed E-state index contributed by atoms with van der Waals surface area (Å²) in [5, 5.41) is 0. The van der Waals surface area contributed by atoms with E-state index in [1.54, 1.807) is 6.20 Å². The van der Waals surface area contributed by atoms with Gasteiger partial charge in [0.05, 0.1) is 11.7 Å². The fraction of sp³-hybridized carbons (Fsp3) is 0.438. The zero-order chi connectivity index (χ0) is 16.2. The highest BCUT2D eigenvalue weighted by Gasteiger charge is 2.25. The summed E-state index contributed by atoms with van der Waals surface area (Å²) in [5.41, 5.74) is 1.77. The second-order valence-corrected chi connectivity index (χ2v) is 6.36. The van der Waals surface area contributed by atoms with E-state index in [4.69, 9.17) is 4.74 Å². The maximum absolute atomic E-state index is 12.6. The number of rotatable bonds is 4. The quantitative estimate of drug-likeness (QED) is 0.830. The largest absolute Gasteiger partial charge is 0.472 e. The summed E-state index contributed by atoms with van der Waals surface area (Å²) >= 11 is 1.14. The van der Waals surface area contributed by atoms with Crippen LogP contribution in [0.4, 0.5) is 5.69 Å². The third kappa shape index (κ3) is 4.36. The molecule has 1 fully saturated rings. The number of nitrogens with zero attached hydrogens (tertiary/aromatic N) is 4. The number of likely N-dealkylation sites (tertiary alicyclic amines) is 1. The van der Waals surface area contributed by atoms with Gasteiger partial charge < -0.3 is 14.5 Å². The Morgan fingerprint density at radius 3 is 2.71 bits per heavy atom. The van der Waals surface area contributed by atoms with Crippen molar-refractivity contribution in [2.24, 2.45) is 0 Å². The van der Waals surface area contributed by atoms with Crippen molar-refractivity contribution in [1.82, 2.24) is 13.6 Å². The van der Waals surface area contributed by atoms with Gasteiger partial charge in [0, 0.05) is 51.3 Å². The predicted octanol–water partition coefficient (Wildman–Crippen LogP) is 2.71. The Morgan fingerprint density at radius 2 is 2.08 bits per heavy atom. The number of hydrogen-bond donors (Lipinski definition) is 0. The van der Waals surface area contributed by atoms with E-state index in [0.717, 1.165) is 35.8 Å². The normalized spacial score (nSPS) is 14.8. The maximum atomic E-state index is 12.6. The van der Waals surface area contributed by atoms with Crippen LogP contribution >= 0.6 is 24.1 Å². The van der Waals surface area contributed by atoms with Gasteiger partial charge in [-0.1, -0.05) is 6.07 Å². The lowest BCUT2D eigenvalue weighted by molar-refractivity contribution is 0.0589. The molecule has 0 radical (unpaired) electrons. The minimum Gasteiger partial charge on any atom is -0.472 e. The number of carbonyl (C=O) groups is 1. The maximum Gasteiger partial charge on any atom is 0.253 e. The summed E-state index contributed by atoms with van der Waals surface area (Å²) in [6.45, 7) is 1.40. The SMILES string of the molecule is CN(C)c1cccc(C(=O)N2CCC(Oc3cnsn3)CC2)c1.Cl. The van der Waals surface area contributed by atoms with Crippen molar-refractivity contribution in [3.8, 4) is 5.88 Å². The number of aromatic nitrogens is 2. The lowest BCUT2D eigenvalue weighted by atomic mass is 10.1. The highest BCUT2D eigenvalue weighted by molar-refractivity contribution is 6.99. The summed E-state index contributed by atoms with van der Waals surface area (Å²) in [5.74, 6) is 0.668. The first-order valence-electron chi connectivity index (χ1n) is 7.64. The molecule has 0 atom stereocenters. The van der Waals surface area contributed by atoms with Gasteiger partial charge in [-0.2, -0.15) is 4.37 Å². The third-order valence-electron chi connectivity index (χ3n) is 3.97. The molecule has 8 heteroatoms. The topological polar surface area (TPSA) is 58.6 Å². The molecule has 1 aromatic heterocycles. The molecule has 0 N–H and O–H groups in total. The van der Waals surface area contributed by atoms with Crippen LogP contribution < -0.4 is 9.64 Å². The van der Waals surface area contributed by atoms with Crippen LogP contribution in [0.15, 0.2) is 30.5 Å². The molecule has 0 bridgehead atoms. The van der Waals surface area contributed by atoms with Crippen LogP contribution in [-0.2, 0) is 0 Å². The summed E-state index contributed by atoms with van der Waals surface area (Å²) in [7, 11) is 3.94. The van der Waals surface area contributed by atoms with Gasteiger partial charge in [-0.15, -0.1) is 16.8 Å². The van der Waals surface area contributed by atoms with E-state index in [1.165, 1.54) is 0 Å². The number of piperidine rings is 1. The number of hydrogen-bond acceptors (Lipinski definition) is 6. The van der Waals surface area contributed by atoms with Crippen LogP contribution in [0.5, 0.6) is 5.88 Å². The molecule has 0 unspecified atom stereocenters. The molecular weight excluding hydrogens is 348 g/mol. The Labute approximate surface area is 152 Å². The van der Waals surface area contributed by atoms with Gasteiger partial charge in [0.2, 0.25) is 5.88 Å². The molecule has 1 amide bonds. The molecule has 0 aliphatic carbocycles. The molecule has 1 aromatic carbocycles. The molecule has 0 spiro atoms. The molecule has 1 aliphatic heterocycles. The molecule has 130 valence electrons. The minimum absolute atomic E-state index is 0. The number of anilines is 1. The average molecular weight is 369 g/mol. The van der Waals surface area contributed by atoms with Gasteiger partial charge in [-0.3, -0.25) is 4.79 Å². The Hall–Kier alpha value is -1.86. The molecule has 6 nitrogen and oxygen atoms in total. The molecule has 24 heavy (non-hydrogen) atoms. The molecular formula is C16H21ClN4O2S. The molecule has 0 saturated carbocycles. The van der Waals surface area contributed by atoms with E-state index in [0.29, 0.717) is 19.0 Å². The fourth-order valence-corrected chi connectivity index (χ4v) is 3.01. The van der Waals surface area contributed by atoms with Crippen LogP contribution in [0.1, 0.15) is 23.2 Å². The zero-order valence-electron chi connectivity index (χ0n) is 13.7. The summed E-state index contributed by atoms with van der Waals surface area (Å²) in [4.78, 5) is 16.5. The van der Waals surface area contributed by atoms with Gasteiger partial charge in [0.25, 0.3) is 5.91 Å². The van der Waals surface area contributed by atoms with Crippen LogP contribution in [0.3, 0.4) is 0 Å². The fourth-order valence-electron chi connectivity index (χ4n) is 2.66. The van der Waals surface area contributed by atoms with E-state index in [9.17, 15) is 4.79 Å². The lowest BCUT2D eigenvalue weighted by Gasteiger charge is -2.31. The van der Waals surface area contributed by atoms with Crippen LogP contribution in [0.2, 0.25) is 0 Å². The first-order valence-corrected chi connectivity index (χ1v) is 8.37. The molecule has 3 rings (SSSR count). The number of carbonyl (C=O) groups excluding carboxylic acids is 1. The highest BCUT2D eigenvalue weighted by atomic mass is 35.5. The van der Waals surface area contributed by atoms with Crippen molar-refractivity contribution in [3.05, 3.63) is 36.0 Å². The van der Waals surface area contributed by atoms with Gasteiger partial charge in [0.15, 0.2) is 0 Å². The van der Waals surface area contributed by atoms with Gasteiger partial charge in [0.1, 0.15) is 12.3 Å². The third-order valence-corrected chi connectivity index (χ3v) is 4.43. The molecule has 1 saturated heterocycles. The van der Waals surface area contributed by atoms with E-state index in [-0.39, 0.29) is 24.4 Å². The van der Waals surface area contributed by atoms with Gasteiger partial charge in [-0.25, -0.2) is 0 Å². The monoisotopic (exact) mass is 368 g/mol. The zero-order valence-corrected chi connectivity index (χ0v) is 15.3. The van der Waals surface area contributed by atoms with Crippen molar-refractivity contribution < 1.29 is 9.53 Å². The Bertz CT molecular complexity index is 658. The first-order chi connectivity index (χ1) is 11.1. The summed E-state index contributed by atoms with van der Waals surface area (Å²) < 4.78 is 13.8. The number of halogens is 1. The van der Waals surface area contributed by atoms with E-state index >= 15 is 0 Å². The van der Waals surface area contributed by atoms with Crippen LogP contribution in [0, 0.1) is 0 Å². The van der Waals surface area contributed by atoms with Gasteiger partial charge in [-0.05, 0) is 18.2 Å². The summed E-state index contributed by atoms with van der Waals surface area (Å²) in [6.07, 6.45) is 3.37. The predicted molar refractivity (Wildman–Crippen MR) is 97.5 cm³/mol. The number of benzene rings is 1. The van der Waals surface area contributed by atoms with E-state index < -0.39 is 0 Å². The Balaban J connectivity index is 0.00000208. The van der Waals surface area contributed by atoms with Crippen LogP contribution in [-0.4, -0.2) is 52.8 Å². The van der Waals surface area contributed by atoms with Crippen molar-refractivity contribution in [3.63, 3.8) is 0 Å². The van der Waals surface area contributed by atoms with Gasteiger partial charge >= 0.3 is 0 Å². The van der Waals surface area contributed by atoms with E-state index in [2.05, 4.69) is 8.75 Å². The van der Waals surface area contributed by atoms with E-state index in [1.807, 2.05) is 48.2 Å². The second-order valence-electron chi connectivity index (χ2n) is 5.80. The molecule has 2 aromatic rings. The van der Waals surface area contributed by atoms with Crippen molar-refractivity contribution >= 4 is 35.7 Å². The molecule has 2 heterocycles. The Morgan fingerprint density at radius 1 is 1.33 bits per heavy atom. The number of amides is 1. The highest BCUT2D eigenvalue weighted by Crippen LogP contribution is 2.20.